The van der Waals surface area contributed by atoms with Crippen LogP contribution < -0.4 is 0 Å². The fourth-order valence-corrected chi connectivity index (χ4v) is 4.50. The van der Waals surface area contributed by atoms with E-state index in [-0.39, 0.29) is 32.2 Å². The molecule has 0 fully saturated rings. The van der Waals surface area contributed by atoms with Gasteiger partial charge in [0.25, 0.3) is 0 Å². The van der Waals surface area contributed by atoms with Gasteiger partial charge in [-0.1, -0.05) is 85.3 Å². The van der Waals surface area contributed by atoms with Crippen molar-refractivity contribution in [2.45, 2.75) is 6.92 Å². The molecule has 0 N–H and O–H groups in total. The summed E-state index contributed by atoms with van der Waals surface area (Å²) < 4.78 is 0. The molecule has 7 aromatic carbocycles. The summed E-state index contributed by atoms with van der Waals surface area (Å²) in [6.07, 6.45) is 0. The Kier molecular flexibility index (Phi) is 16.4. The smallest absolute Gasteiger partial charge is 0.0771 e. The van der Waals surface area contributed by atoms with Crippen molar-refractivity contribution >= 4 is 64.0 Å². The van der Waals surface area contributed by atoms with E-state index in [0.717, 1.165) is 0 Å². The van der Waals surface area contributed by atoms with Crippen molar-refractivity contribution in [2.75, 3.05) is 0 Å². The third kappa shape index (κ3) is 9.15. The van der Waals surface area contributed by atoms with Gasteiger partial charge in [0.15, 0.2) is 0 Å². The first-order valence-corrected chi connectivity index (χ1v) is 16.4. The minimum absolute atomic E-state index is 0. The zero-order valence-corrected chi connectivity index (χ0v) is 27.8. The second kappa shape index (κ2) is 18.6. The third-order valence-corrected chi connectivity index (χ3v) is 6.11. The molecule has 0 nitrogen and oxygen atoms in total. The summed E-state index contributed by atoms with van der Waals surface area (Å²) in [7, 11) is 0. The molecular formula is C36H32Cl2SiZr-4. The molecule has 202 valence electrons. The molecule has 0 aliphatic rings. The molecule has 0 aromatic heterocycles. The van der Waals surface area contributed by atoms with E-state index in [2.05, 4.69) is 135 Å². The molecule has 7 aromatic rings. The minimum atomic E-state index is 0. The van der Waals surface area contributed by atoms with Gasteiger partial charge < -0.3 is 7.43 Å². The molecule has 0 bridgehead atoms. The van der Waals surface area contributed by atoms with E-state index in [4.69, 9.17) is 0 Å². The SMILES string of the molecule is Cc1cc2c(-c3ccccc3)cccc2[cH-]1.Cl.Cl.[CH3-].[Si]=[Zr].[c-]1ccccc1.c1ccc2c(c1)[cH-]c1ccccc12. The maximum atomic E-state index is 3.06. The van der Waals surface area contributed by atoms with Crippen molar-refractivity contribution < 1.29 is 23.3 Å². The van der Waals surface area contributed by atoms with Gasteiger partial charge in [0, 0.05) is 0 Å². The van der Waals surface area contributed by atoms with Crippen LogP contribution in [-0.4, -0.2) is 6.88 Å². The second-order valence-electron chi connectivity index (χ2n) is 8.60. The Morgan fingerprint density at radius 2 is 1.02 bits per heavy atom. The molecule has 0 aliphatic heterocycles. The Labute approximate surface area is 268 Å². The molecule has 0 amide bonds. The monoisotopic (exact) mass is 652 g/mol. The molecule has 0 unspecified atom stereocenters. The number of hydrogen-bond donors (Lipinski definition) is 0. The molecule has 0 aliphatic carbocycles. The van der Waals surface area contributed by atoms with Crippen molar-refractivity contribution in [2.24, 2.45) is 0 Å². The molecule has 2 radical (unpaired) electrons. The van der Waals surface area contributed by atoms with Gasteiger partial charge in [-0.2, -0.15) is 42.5 Å². The van der Waals surface area contributed by atoms with Crippen LogP contribution in [0, 0.1) is 20.4 Å². The first kappa shape index (κ1) is 35.3. The van der Waals surface area contributed by atoms with Gasteiger partial charge in [-0.15, -0.1) is 99.1 Å². The first-order chi connectivity index (χ1) is 18.3. The standard InChI is InChI=1S/C16H13.C13H9.C6H5.CH3.2ClH.Si.Zr/c1-12-10-14-8-5-9-15(16(14)11-12)13-6-3-2-4-7-13;1-3-7-12-10(5-1)9-11-6-2-4-8-13(11)12;1-2-4-6-5-3-1;;;;;/h2-11H,1H3;1-9H;1-5H;1H3;2*1H;;/q4*-1;;;;. The molecule has 40 heavy (non-hydrogen) atoms. The maximum Gasteiger partial charge on any atom is -0.0771 e. The molecule has 7 rings (SSSR count). The zero-order chi connectivity index (χ0) is 25.9. The minimum Gasteiger partial charge on any atom is -0.184 e. The van der Waals surface area contributed by atoms with Crippen LogP contribution >= 0.6 is 24.8 Å². The van der Waals surface area contributed by atoms with Crippen LogP contribution in [-0.2, 0) is 23.3 Å². The van der Waals surface area contributed by atoms with E-state index >= 15 is 0 Å². The van der Waals surface area contributed by atoms with Gasteiger partial charge in [-0.05, 0) is 5.56 Å². The number of hydrogen-bond acceptors (Lipinski definition) is 0. The molecule has 0 spiro atoms. The van der Waals surface area contributed by atoms with Gasteiger partial charge in [0.2, 0.25) is 0 Å². The molecule has 0 heterocycles. The van der Waals surface area contributed by atoms with E-state index in [0.29, 0.717) is 0 Å². The van der Waals surface area contributed by atoms with Gasteiger partial charge in [-0.25, -0.2) is 0 Å². The number of fused-ring (bicyclic) bond motifs is 4. The fourth-order valence-electron chi connectivity index (χ4n) is 4.50. The van der Waals surface area contributed by atoms with E-state index in [1.165, 1.54) is 72.3 Å². The molecule has 0 saturated heterocycles. The fraction of sp³-hybridized carbons (Fsp3) is 0.0278. The van der Waals surface area contributed by atoms with Crippen LogP contribution in [0.3, 0.4) is 0 Å². The Bertz CT molecular complexity index is 1590. The summed E-state index contributed by atoms with van der Waals surface area (Å²) in [6.45, 7) is 5.21. The average Bonchev–Trinajstić information content (AvgIpc) is 3.56. The largest absolute Gasteiger partial charge is 0.184 e. The van der Waals surface area contributed by atoms with Crippen molar-refractivity contribution in [1.82, 2.24) is 0 Å². The van der Waals surface area contributed by atoms with Crippen molar-refractivity contribution in [3.05, 3.63) is 165 Å². The van der Waals surface area contributed by atoms with Crippen molar-refractivity contribution in [3.63, 3.8) is 0 Å². The van der Waals surface area contributed by atoms with E-state index in [9.17, 15) is 0 Å². The van der Waals surface area contributed by atoms with Crippen LogP contribution in [0.5, 0.6) is 0 Å². The molecule has 0 saturated carbocycles. The summed E-state index contributed by atoms with van der Waals surface area (Å²) in [6, 6.07) is 53.3. The van der Waals surface area contributed by atoms with Gasteiger partial charge >= 0.3 is 30.2 Å². The quantitative estimate of drug-likeness (QED) is 0.122. The molecule has 0 atom stereocenters. The number of rotatable bonds is 1. The van der Waals surface area contributed by atoms with Crippen LogP contribution in [0.1, 0.15) is 5.56 Å². The van der Waals surface area contributed by atoms with Crippen molar-refractivity contribution in [1.29, 1.82) is 0 Å². The van der Waals surface area contributed by atoms with E-state index < -0.39 is 0 Å². The molecule has 4 heteroatoms. The zero-order valence-electron chi connectivity index (χ0n) is 22.7. The topological polar surface area (TPSA) is 0 Å². The predicted molar refractivity (Wildman–Crippen MR) is 179 cm³/mol. The summed E-state index contributed by atoms with van der Waals surface area (Å²) in [4.78, 5) is 0. The first-order valence-electron chi connectivity index (χ1n) is 12.2. The Morgan fingerprint density at radius 3 is 1.55 bits per heavy atom. The van der Waals surface area contributed by atoms with Crippen LogP contribution in [0.15, 0.2) is 146 Å². The van der Waals surface area contributed by atoms with Gasteiger partial charge in [0.05, 0.1) is 0 Å². The van der Waals surface area contributed by atoms with Crippen LogP contribution in [0.25, 0.3) is 43.4 Å². The van der Waals surface area contributed by atoms with Gasteiger partial charge in [0.1, 0.15) is 0 Å². The number of benzene rings is 5. The van der Waals surface area contributed by atoms with Crippen molar-refractivity contribution in [3.8, 4) is 11.1 Å². The Morgan fingerprint density at radius 1 is 0.550 bits per heavy atom. The van der Waals surface area contributed by atoms with Crippen LogP contribution in [0.2, 0.25) is 0 Å². The maximum absolute atomic E-state index is 3.06. The van der Waals surface area contributed by atoms with Gasteiger partial charge in [-0.3, -0.25) is 0 Å². The average molecular weight is 655 g/mol. The molecular weight excluding hydrogens is 623 g/mol. The van der Waals surface area contributed by atoms with Crippen LogP contribution in [0.4, 0.5) is 0 Å². The van der Waals surface area contributed by atoms with E-state index in [1.54, 1.807) is 0 Å². The second-order valence-corrected chi connectivity index (χ2v) is 8.60. The summed E-state index contributed by atoms with van der Waals surface area (Å²) >= 11 is 1.36. The number of aryl methyl sites for hydroxylation is 1. The normalized spacial score (nSPS) is 9.20. The summed E-state index contributed by atoms with van der Waals surface area (Å²) in [5.74, 6) is 0. The number of halogens is 2. The Hall–Kier alpha value is -2.74. The van der Waals surface area contributed by atoms with E-state index in [1.807, 2.05) is 30.3 Å². The Balaban J connectivity index is 0.000000302. The summed E-state index contributed by atoms with van der Waals surface area (Å²) in [5.41, 5.74) is 3.95. The summed E-state index contributed by atoms with van der Waals surface area (Å²) in [5, 5.41) is 8.08. The predicted octanol–water partition coefficient (Wildman–Crippen LogP) is 10.6. The third-order valence-electron chi connectivity index (χ3n) is 6.11.